The van der Waals surface area contributed by atoms with Crippen LogP contribution in [0.1, 0.15) is 16.8 Å². The van der Waals surface area contributed by atoms with Crippen molar-refractivity contribution in [2.45, 2.75) is 6.42 Å². The second-order valence-electron chi connectivity index (χ2n) is 4.70. The second-order valence-corrected chi connectivity index (χ2v) is 4.70. The maximum absolute atomic E-state index is 11.6. The van der Waals surface area contributed by atoms with E-state index in [2.05, 4.69) is 9.88 Å². The number of methoxy groups -OCH3 is 1. The first-order valence-electron chi connectivity index (χ1n) is 6.15. The van der Waals surface area contributed by atoms with Gasteiger partial charge in [0.25, 0.3) is 0 Å². The summed E-state index contributed by atoms with van der Waals surface area (Å²) in [5.74, 6) is 0.274. The first-order valence-corrected chi connectivity index (χ1v) is 6.15. The SMILES string of the molecule is COC(=O)c1cc(N(C)CCCN(C)C)ncc1N. The van der Waals surface area contributed by atoms with Crippen LogP contribution in [-0.4, -0.2) is 57.2 Å². The van der Waals surface area contributed by atoms with E-state index >= 15 is 0 Å². The third kappa shape index (κ3) is 4.40. The summed E-state index contributed by atoms with van der Waals surface area (Å²) in [6.07, 6.45) is 2.51. The van der Waals surface area contributed by atoms with Crippen molar-refractivity contribution in [2.24, 2.45) is 0 Å². The highest BCUT2D eigenvalue weighted by molar-refractivity contribution is 5.95. The van der Waals surface area contributed by atoms with E-state index in [0.29, 0.717) is 17.1 Å². The molecule has 0 fully saturated rings. The van der Waals surface area contributed by atoms with Gasteiger partial charge < -0.3 is 20.3 Å². The maximum Gasteiger partial charge on any atom is 0.340 e. The molecule has 0 aliphatic carbocycles. The van der Waals surface area contributed by atoms with Gasteiger partial charge in [-0.2, -0.15) is 0 Å². The fourth-order valence-electron chi connectivity index (χ4n) is 1.69. The van der Waals surface area contributed by atoms with Crippen LogP contribution in [0.2, 0.25) is 0 Å². The Morgan fingerprint density at radius 3 is 2.63 bits per heavy atom. The monoisotopic (exact) mass is 266 g/mol. The molecule has 106 valence electrons. The predicted octanol–water partition coefficient (Wildman–Crippen LogP) is 0.838. The van der Waals surface area contributed by atoms with Crippen LogP contribution >= 0.6 is 0 Å². The summed E-state index contributed by atoms with van der Waals surface area (Å²) in [4.78, 5) is 19.9. The molecule has 0 aromatic carbocycles. The molecule has 0 atom stereocenters. The van der Waals surface area contributed by atoms with Gasteiger partial charge in [-0.15, -0.1) is 0 Å². The van der Waals surface area contributed by atoms with E-state index in [-0.39, 0.29) is 0 Å². The number of pyridine rings is 1. The van der Waals surface area contributed by atoms with E-state index in [1.807, 2.05) is 26.0 Å². The maximum atomic E-state index is 11.6. The lowest BCUT2D eigenvalue weighted by atomic mass is 10.2. The van der Waals surface area contributed by atoms with Crippen molar-refractivity contribution in [3.63, 3.8) is 0 Å². The quantitative estimate of drug-likeness (QED) is 0.769. The molecular weight excluding hydrogens is 244 g/mol. The average Bonchev–Trinajstić information content (AvgIpc) is 2.37. The number of nitrogen functional groups attached to an aromatic ring is 1. The zero-order chi connectivity index (χ0) is 14.4. The molecule has 0 aliphatic rings. The summed E-state index contributed by atoms with van der Waals surface area (Å²) in [5, 5.41) is 0. The molecule has 1 heterocycles. The van der Waals surface area contributed by atoms with E-state index in [1.165, 1.54) is 13.3 Å². The molecular formula is C13H22N4O2. The Kier molecular flexibility index (Phi) is 5.57. The lowest BCUT2D eigenvalue weighted by molar-refractivity contribution is 0.0602. The Morgan fingerprint density at radius 1 is 1.37 bits per heavy atom. The van der Waals surface area contributed by atoms with Gasteiger partial charge in [-0.05, 0) is 33.1 Å². The Hall–Kier alpha value is -1.82. The number of nitrogens with two attached hydrogens (primary N) is 1. The number of aromatic nitrogens is 1. The highest BCUT2D eigenvalue weighted by Crippen LogP contribution is 2.18. The van der Waals surface area contributed by atoms with Crippen molar-refractivity contribution >= 4 is 17.5 Å². The van der Waals surface area contributed by atoms with Crippen LogP contribution in [0.15, 0.2) is 12.3 Å². The number of carbonyl (C=O) groups excluding carboxylic acids is 1. The molecule has 0 saturated heterocycles. The zero-order valence-electron chi connectivity index (χ0n) is 12.0. The molecule has 1 rings (SSSR count). The smallest absolute Gasteiger partial charge is 0.340 e. The van der Waals surface area contributed by atoms with Crippen molar-refractivity contribution in [2.75, 3.05) is 52.0 Å². The highest BCUT2D eigenvalue weighted by atomic mass is 16.5. The van der Waals surface area contributed by atoms with Gasteiger partial charge in [0.05, 0.1) is 24.6 Å². The molecule has 0 bridgehead atoms. The van der Waals surface area contributed by atoms with Gasteiger partial charge >= 0.3 is 5.97 Å². The van der Waals surface area contributed by atoms with Gasteiger partial charge in [0, 0.05) is 13.6 Å². The summed E-state index contributed by atoms with van der Waals surface area (Å²) in [5.41, 5.74) is 6.40. The molecule has 0 radical (unpaired) electrons. The van der Waals surface area contributed by atoms with Crippen LogP contribution < -0.4 is 10.6 Å². The molecule has 0 aliphatic heterocycles. The number of rotatable bonds is 6. The number of carbonyl (C=O) groups is 1. The van der Waals surface area contributed by atoms with E-state index < -0.39 is 5.97 Å². The van der Waals surface area contributed by atoms with Gasteiger partial charge in [-0.25, -0.2) is 9.78 Å². The Balaban J connectivity index is 2.75. The van der Waals surface area contributed by atoms with Crippen molar-refractivity contribution in [3.05, 3.63) is 17.8 Å². The van der Waals surface area contributed by atoms with Gasteiger partial charge in [0.2, 0.25) is 0 Å². The third-order valence-electron chi connectivity index (χ3n) is 2.82. The first kappa shape index (κ1) is 15.2. The standard InChI is InChI=1S/C13H22N4O2/c1-16(2)6-5-7-17(3)12-8-10(13(18)19-4)11(14)9-15-12/h8-9H,5-7,14H2,1-4H3. The van der Waals surface area contributed by atoms with Crippen molar-refractivity contribution < 1.29 is 9.53 Å². The number of anilines is 2. The van der Waals surface area contributed by atoms with Crippen LogP contribution in [0.5, 0.6) is 0 Å². The number of hydrogen-bond acceptors (Lipinski definition) is 6. The minimum Gasteiger partial charge on any atom is -0.465 e. The average molecular weight is 266 g/mol. The largest absolute Gasteiger partial charge is 0.465 e. The summed E-state index contributed by atoms with van der Waals surface area (Å²) in [6, 6.07) is 1.66. The third-order valence-corrected chi connectivity index (χ3v) is 2.82. The summed E-state index contributed by atoms with van der Waals surface area (Å²) in [6.45, 7) is 1.86. The van der Waals surface area contributed by atoms with E-state index in [1.54, 1.807) is 6.07 Å². The van der Waals surface area contributed by atoms with Gasteiger partial charge in [0.15, 0.2) is 0 Å². The topological polar surface area (TPSA) is 71.7 Å². The molecule has 0 unspecified atom stereocenters. The number of ether oxygens (including phenoxy) is 1. The summed E-state index contributed by atoms with van der Waals surface area (Å²) < 4.78 is 4.69. The molecule has 0 saturated carbocycles. The number of esters is 1. The molecule has 0 amide bonds. The molecule has 1 aromatic rings. The lowest BCUT2D eigenvalue weighted by Gasteiger charge is -2.20. The van der Waals surface area contributed by atoms with Crippen LogP contribution in [0.4, 0.5) is 11.5 Å². The van der Waals surface area contributed by atoms with Crippen LogP contribution in [0.25, 0.3) is 0 Å². The van der Waals surface area contributed by atoms with E-state index in [9.17, 15) is 4.79 Å². The molecule has 19 heavy (non-hydrogen) atoms. The van der Waals surface area contributed by atoms with Gasteiger partial charge in [0.1, 0.15) is 5.82 Å². The summed E-state index contributed by atoms with van der Waals surface area (Å²) in [7, 11) is 7.35. The van der Waals surface area contributed by atoms with Crippen molar-refractivity contribution in [1.82, 2.24) is 9.88 Å². The zero-order valence-corrected chi connectivity index (χ0v) is 12.0. The van der Waals surface area contributed by atoms with Crippen molar-refractivity contribution in [3.8, 4) is 0 Å². The fourth-order valence-corrected chi connectivity index (χ4v) is 1.69. The fraction of sp³-hybridized carbons (Fsp3) is 0.538. The molecule has 6 heteroatoms. The number of nitrogens with zero attached hydrogens (tertiary/aromatic N) is 3. The second kappa shape index (κ2) is 6.94. The van der Waals surface area contributed by atoms with E-state index in [4.69, 9.17) is 10.5 Å². The van der Waals surface area contributed by atoms with Gasteiger partial charge in [-0.1, -0.05) is 0 Å². The van der Waals surface area contributed by atoms with Crippen molar-refractivity contribution in [1.29, 1.82) is 0 Å². The molecule has 0 spiro atoms. The Labute approximate surface area is 114 Å². The van der Waals surface area contributed by atoms with Crippen LogP contribution in [-0.2, 0) is 4.74 Å². The van der Waals surface area contributed by atoms with Crippen LogP contribution in [0.3, 0.4) is 0 Å². The molecule has 2 N–H and O–H groups in total. The van der Waals surface area contributed by atoms with E-state index in [0.717, 1.165) is 19.5 Å². The minimum absolute atomic E-state index is 0.331. The number of hydrogen-bond donors (Lipinski definition) is 1. The summed E-state index contributed by atoms with van der Waals surface area (Å²) >= 11 is 0. The predicted molar refractivity (Wildman–Crippen MR) is 76.4 cm³/mol. The Bertz CT molecular complexity index is 435. The molecule has 1 aromatic heterocycles. The van der Waals surface area contributed by atoms with Gasteiger partial charge in [-0.3, -0.25) is 0 Å². The lowest BCUT2D eigenvalue weighted by Crippen LogP contribution is -2.24. The Morgan fingerprint density at radius 2 is 2.05 bits per heavy atom. The highest BCUT2D eigenvalue weighted by Gasteiger charge is 2.13. The minimum atomic E-state index is -0.442. The first-order chi connectivity index (χ1) is 8.95. The normalized spacial score (nSPS) is 10.6. The van der Waals surface area contributed by atoms with Crippen LogP contribution in [0, 0.1) is 0 Å². The molecule has 6 nitrogen and oxygen atoms in total.